The lowest BCUT2D eigenvalue weighted by atomic mass is 10.4. The SMILES string of the molecule is COCCOCC(O)CNCCNS(C)(=O)=O. The third-order valence-corrected chi connectivity index (χ3v) is 2.52. The van der Waals surface area contributed by atoms with Gasteiger partial charge in [0.15, 0.2) is 0 Å². The van der Waals surface area contributed by atoms with Crippen LogP contribution in [0.25, 0.3) is 0 Å². The van der Waals surface area contributed by atoms with E-state index in [1.54, 1.807) is 7.11 Å². The Kier molecular flexibility index (Phi) is 9.60. The Morgan fingerprint density at radius 1 is 1.29 bits per heavy atom. The van der Waals surface area contributed by atoms with Crippen molar-refractivity contribution in [3.8, 4) is 0 Å². The van der Waals surface area contributed by atoms with Gasteiger partial charge < -0.3 is 19.9 Å². The van der Waals surface area contributed by atoms with Crippen LogP contribution in [0.5, 0.6) is 0 Å². The fourth-order valence-corrected chi connectivity index (χ4v) is 1.49. The number of aliphatic hydroxyl groups excluding tert-OH is 1. The predicted octanol–water partition coefficient (Wildman–Crippen LogP) is -1.85. The summed E-state index contributed by atoms with van der Waals surface area (Å²) in [6, 6.07) is 0. The van der Waals surface area contributed by atoms with Crippen molar-refractivity contribution < 1.29 is 23.0 Å². The van der Waals surface area contributed by atoms with Crippen molar-refractivity contribution in [3.63, 3.8) is 0 Å². The molecule has 0 heterocycles. The summed E-state index contributed by atoms with van der Waals surface area (Å²) in [4.78, 5) is 0. The molecule has 1 atom stereocenters. The summed E-state index contributed by atoms with van der Waals surface area (Å²) in [5.41, 5.74) is 0. The van der Waals surface area contributed by atoms with Crippen molar-refractivity contribution in [1.29, 1.82) is 0 Å². The monoisotopic (exact) mass is 270 g/mol. The average Bonchev–Trinajstić information content (AvgIpc) is 2.22. The van der Waals surface area contributed by atoms with E-state index in [1.807, 2.05) is 0 Å². The molecule has 7 nitrogen and oxygen atoms in total. The fraction of sp³-hybridized carbons (Fsp3) is 1.00. The van der Waals surface area contributed by atoms with Gasteiger partial charge in [-0.15, -0.1) is 0 Å². The van der Waals surface area contributed by atoms with Gasteiger partial charge in [-0.05, 0) is 0 Å². The molecule has 0 bridgehead atoms. The third-order valence-electron chi connectivity index (χ3n) is 1.79. The first-order valence-electron chi connectivity index (χ1n) is 5.36. The molecule has 1 unspecified atom stereocenters. The summed E-state index contributed by atoms with van der Waals surface area (Å²) >= 11 is 0. The van der Waals surface area contributed by atoms with Crippen molar-refractivity contribution in [3.05, 3.63) is 0 Å². The van der Waals surface area contributed by atoms with E-state index in [1.165, 1.54) is 0 Å². The van der Waals surface area contributed by atoms with Crippen LogP contribution in [0.2, 0.25) is 0 Å². The van der Waals surface area contributed by atoms with Gasteiger partial charge in [-0.1, -0.05) is 0 Å². The molecule has 0 aliphatic heterocycles. The number of methoxy groups -OCH3 is 1. The number of aliphatic hydroxyl groups is 1. The molecule has 0 aliphatic carbocycles. The van der Waals surface area contributed by atoms with Crippen LogP contribution >= 0.6 is 0 Å². The van der Waals surface area contributed by atoms with E-state index in [2.05, 4.69) is 10.0 Å². The molecule has 0 aromatic rings. The molecule has 0 radical (unpaired) electrons. The molecule has 0 saturated carbocycles. The first kappa shape index (κ1) is 16.8. The molecular formula is C9H22N2O5S. The van der Waals surface area contributed by atoms with Crippen LogP contribution < -0.4 is 10.0 Å². The lowest BCUT2D eigenvalue weighted by Gasteiger charge is -2.12. The third kappa shape index (κ3) is 13.7. The minimum Gasteiger partial charge on any atom is -0.389 e. The second-order valence-electron chi connectivity index (χ2n) is 3.59. The Labute approximate surface area is 103 Å². The molecule has 3 N–H and O–H groups in total. The highest BCUT2D eigenvalue weighted by atomic mass is 32.2. The molecule has 0 spiro atoms. The molecule has 0 rings (SSSR count). The van der Waals surface area contributed by atoms with Crippen LogP contribution in [0, 0.1) is 0 Å². The van der Waals surface area contributed by atoms with Crippen LogP contribution in [0.4, 0.5) is 0 Å². The summed E-state index contributed by atoms with van der Waals surface area (Å²) in [6.07, 6.45) is 0.496. The molecule has 0 aromatic heterocycles. The Morgan fingerprint density at radius 3 is 2.59 bits per heavy atom. The van der Waals surface area contributed by atoms with Crippen LogP contribution in [0.1, 0.15) is 0 Å². The minimum atomic E-state index is -3.14. The van der Waals surface area contributed by atoms with Crippen molar-refractivity contribution in [2.45, 2.75) is 6.10 Å². The maximum absolute atomic E-state index is 10.7. The van der Waals surface area contributed by atoms with E-state index in [0.717, 1.165) is 6.26 Å². The summed E-state index contributed by atoms with van der Waals surface area (Å²) in [6.45, 7) is 2.30. The number of nitrogens with one attached hydrogen (secondary N) is 2. The molecule has 104 valence electrons. The van der Waals surface area contributed by atoms with Gasteiger partial charge in [-0.25, -0.2) is 13.1 Å². The first-order chi connectivity index (χ1) is 7.95. The second kappa shape index (κ2) is 9.75. The quantitative estimate of drug-likeness (QED) is 0.381. The molecule has 0 fully saturated rings. The molecule has 0 amide bonds. The van der Waals surface area contributed by atoms with E-state index >= 15 is 0 Å². The number of sulfonamides is 1. The molecule has 17 heavy (non-hydrogen) atoms. The minimum absolute atomic E-state index is 0.232. The van der Waals surface area contributed by atoms with Crippen molar-refractivity contribution in [1.82, 2.24) is 10.0 Å². The van der Waals surface area contributed by atoms with E-state index < -0.39 is 16.1 Å². The largest absolute Gasteiger partial charge is 0.389 e. The number of hydrogen-bond donors (Lipinski definition) is 3. The lowest BCUT2D eigenvalue weighted by Crippen LogP contribution is -2.36. The van der Waals surface area contributed by atoms with Gasteiger partial charge in [0, 0.05) is 26.7 Å². The lowest BCUT2D eigenvalue weighted by molar-refractivity contribution is 0.0139. The van der Waals surface area contributed by atoms with Gasteiger partial charge in [0.05, 0.1) is 32.2 Å². The highest BCUT2D eigenvalue weighted by Gasteiger charge is 2.04. The molecule has 0 aliphatic rings. The van der Waals surface area contributed by atoms with Gasteiger partial charge >= 0.3 is 0 Å². The van der Waals surface area contributed by atoms with Crippen molar-refractivity contribution in [2.24, 2.45) is 0 Å². The van der Waals surface area contributed by atoms with Crippen molar-refractivity contribution >= 4 is 10.0 Å². The van der Waals surface area contributed by atoms with Gasteiger partial charge in [0.2, 0.25) is 10.0 Å². The van der Waals surface area contributed by atoms with E-state index in [0.29, 0.717) is 32.8 Å². The highest BCUT2D eigenvalue weighted by Crippen LogP contribution is 1.84. The van der Waals surface area contributed by atoms with Crippen LogP contribution in [0.3, 0.4) is 0 Å². The Balaban J connectivity index is 3.30. The first-order valence-corrected chi connectivity index (χ1v) is 7.25. The molecule has 0 saturated heterocycles. The Bertz CT molecular complexity index is 271. The normalized spacial score (nSPS) is 13.8. The van der Waals surface area contributed by atoms with Crippen LogP contribution in [-0.4, -0.2) is 72.4 Å². The van der Waals surface area contributed by atoms with Gasteiger partial charge in [0.25, 0.3) is 0 Å². The average molecular weight is 270 g/mol. The van der Waals surface area contributed by atoms with E-state index in [-0.39, 0.29) is 6.61 Å². The Hall–Kier alpha value is -0.250. The molecule has 8 heteroatoms. The van der Waals surface area contributed by atoms with Crippen LogP contribution in [-0.2, 0) is 19.5 Å². The van der Waals surface area contributed by atoms with Crippen molar-refractivity contribution in [2.75, 3.05) is 52.8 Å². The summed E-state index contributed by atoms with van der Waals surface area (Å²) in [7, 11) is -1.56. The second-order valence-corrected chi connectivity index (χ2v) is 5.43. The van der Waals surface area contributed by atoms with E-state index in [9.17, 15) is 13.5 Å². The topological polar surface area (TPSA) is 96.9 Å². The summed E-state index contributed by atoms with van der Waals surface area (Å²) < 4.78 is 33.7. The number of rotatable bonds is 11. The maximum atomic E-state index is 10.7. The highest BCUT2D eigenvalue weighted by molar-refractivity contribution is 7.88. The fourth-order valence-electron chi connectivity index (χ4n) is 1.01. The summed E-state index contributed by atoms with van der Waals surface area (Å²) in [5.74, 6) is 0. The zero-order valence-corrected chi connectivity index (χ0v) is 11.1. The smallest absolute Gasteiger partial charge is 0.208 e. The Morgan fingerprint density at radius 2 is 2.00 bits per heavy atom. The summed E-state index contributed by atoms with van der Waals surface area (Å²) in [5, 5.41) is 12.4. The predicted molar refractivity (Wildman–Crippen MR) is 64.4 cm³/mol. The van der Waals surface area contributed by atoms with Crippen LogP contribution in [0.15, 0.2) is 0 Å². The van der Waals surface area contributed by atoms with Gasteiger partial charge in [-0.2, -0.15) is 0 Å². The molecule has 0 aromatic carbocycles. The number of hydrogen-bond acceptors (Lipinski definition) is 6. The molecular weight excluding hydrogens is 248 g/mol. The van der Waals surface area contributed by atoms with Gasteiger partial charge in [0.1, 0.15) is 0 Å². The maximum Gasteiger partial charge on any atom is 0.208 e. The zero-order valence-electron chi connectivity index (χ0n) is 10.3. The van der Waals surface area contributed by atoms with E-state index in [4.69, 9.17) is 9.47 Å². The number of ether oxygens (including phenoxy) is 2. The zero-order chi connectivity index (χ0) is 13.1. The standard InChI is InChI=1S/C9H22N2O5S/c1-15-5-6-16-8-9(12)7-10-3-4-11-17(2,13)14/h9-12H,3-8H2,1-2H3. The van der Waals surface area contributed by atoms with Gasteiger partial charge in [-0.3, -0.25) is 0 Å².